The van der Waals surface area contributed by atoms with Gasteiger partial charge in [0.05, 0.1) is 5.56 Å². The molecule has 23 heavy (non-hydrogen) atoms. The average molecular weight is 329 g/mol. The highest BCUT2D eigenvalue weighted by Gasteiger charge is 2.36. The largest absolute Gasteiger partial charge is 0.418 e. The highest BCUT2D eigenvalue weighted by atomic mass is 19.4. The first-order chi connectivity index (χ1) is 10.7. The number of carbonyl (C=O) groups is 1. The molecule has 1 aromatic rings. The molecule has 1 aromatic carbocycles. The van der Waals surface area contributed by atoms with Crippen LogP contribution in [-0.4, -0.2) is 31.0 Å². The Hall–Kier alpha value is -2.29. The van der Waals surface area contributed by atoms with E-state index in [4.69, 9.17) is 17.2 Å². The average Bonchev–Trinajstić information content (AvgIpc) is 2.46. The summed E-state index contributed by atoms with van der Waals surface area (Å²) < 4.78 is 40.0. The second-order valence-electron chi connectivity index (χ2n) is 5.40. The molecule has 0 radical (unpaired) electrons. The number of carbonyl (C=O) groups excluding carboxylic acids is 1. The van der Waals surface area contributed by atoms with Gasteiger partial charge in [-0.2, -0.15) is 18.2 Å². The number of piperidine rings is 1. The third kappa shape index (κ3) is 4.13. The molecule has 126 valence electrons. The van der Waals surface area contributed by atoms with Gasteiger partial charge in [0.25, 0.3) is 5.91 Å². The van der Waals surface area contributed by atoms with Crippen molar-refractivity contribution >= 4 is 17.6 Å². The lowest BCUT2D eigenvalue weighted by Crippen LogP contribution is -2.40. The lowest BCUT2D eigenvalue weighted by atomic mass is 10.0. The van der Waals surface area contributed by atoms with Crippen LogP contribution in [0, 0.1) is 0 Å². The van der Waals surface area contributed by atoms with E-state index in [1.807, 2.05) is 0 Å². The fraction of sp³-hybridized carbons (Fsp3) is 0.429. The van der Waals surface area contributed by atoms with Crippen LogP contribution in [0.25, 0.3) is 0 Å². The van der Waals surface area contributed by atoms with Crippen LogP contribution >= 0.6 is 0 Å². The first-order valence-corrected chi connectivity index (χ1v) is 7.04. The molecule has 0 spiro atoms. The van der Waals surface area contributed by atoms with E-state index in [0.29, 0.717) is 25.9 Å². The number of amides is 1. The van der Waals surface area contributed by atoms with E-state index in [1.54, 1.807) is 4.90 Å². The first kappa shape index (κ1) is 17.1. The van der Waals surface area contributed by atoms with Gasteiger partial charge in [-0.15, -0.1) is 0 Å². The van der Waals surface area contributed by atoms with Crippen LogP contribution in [-0.2, 0) is 6.18 Å². The summed E-state index contributed by atoms with van der Waals surface area (Å²) in [5.74, 6) is -1.42. The van der Waals surface area contributed by atoms with E-state index in [1.165, 1.54) is 12.1 Å². The van der Waals surface area contributed by atoms with Gasteiger partial charge in [-0.25, -0.2) is 0 Å². The molecule has 9 heteroatoms. The Bertz CT molecular complexity index is 617. The molecular formula is C14H18F3N5O. The smallest absolute Gasteiger partial charge is 0.371 e. The second-order valence-corrected chi connectivity index (χ2v) is 5.40. The van der Waals surface area contributed by atoms with Gasteiger partial charge in [0.2, 0.25) is 0 Å². The zero-order chi connectivity index (χ0) is 17.2. The summed E-state index contributed by atoms with van der Waals surface area (Å²) >= 11 is 0. The molecule has 1 heterocycles. The normalized spacial score (nSPS) is 16.3. The predicted octanol–water partition coefficient (Wildman–Crippen LogP) is 1.05. The van der Waals surface area contributed by atoms with Gasteiger partial charge in [-0.1, -0.05) is 0 Å². The molecule has 1 amide bonds. The number of hydrogen-bond acceptors (Lipinski definition) is 3. The third-order valence-electron chi connectivity index (χ3n) is 3.66. The Kier molecular flexibility index (Phi) is 4.79. The lowest BCUT2D eigenvalue weighted by molar-refractivity contribution is -0.137. The molecular weight excluding hydrogens is 311 g/mol. The van der Waals surface area contributed by atoms with Crippen LogP contribution in [0.2, 0.25) is 0 Å². The summed E-state index contributed by atoms with van der Waals surface area (Å²) in [5.41, 5.74) is 14.9. The number of aliphatic imine (C=N–C) groups is 1. The van der Waals surface area contributed by atoms with E-state index in [2.05, 4.69) is 4.99 Å². The van der Waals surface area contributed by atoms with Crippen LogP contribution < -0.4 is 22.1 Å². The number of hydrogen-bond donors (Lipinski definition) is 3. The predicted molar refractivity (Wildman–Crippen MR) is 81.0 cm³/mol. The molecule has 6 N–H and O–H groups in total. The van der Waals surface area contributed by atoms with Crippen molar-refractivity contribution in [3.05, 3.63) is 29.3 Å². The van der Waals surface area contributed by atoms with Crippen LogP contribution in [0.3, 0.4) is 0 Å². The molecule has 2 rings (SSSR count). The van der Waals surface area contributed by atoms with E-state index >= 15 is 0 Å². The quantitative estimate of drug-likeness (QED) is 0.555. The Morgan fingerprint density at radius 2 is 1.83 bits per heavy atom. The minimum atomic E-state index is -4.59. The maximum Gasteiger partial charge on any atom is 0.418 e. The van der Waals surface area contributed by atoms with E-state index in [0.717, 1.165) is 6.07 Å². The topological polar surface area (TPSA) is 111 Å². The maximum atomic E-state index is 13.3. The summed E-state index contributed by atoms with van der Waals surface area (Å²) in [5, 5.41) is 0. The second kappa shape index (κ2) is 6.45. The Morgan fingerprint density at radius 3 is 2.35 bits per heavy atom. The molecule has 0 saturated carbocycles. The molecule has 0 unspecified atom stereocenters. The Morgan fingerprint density at radius 1 is 1.22 bits per heavy atom. The standard InChI is InChI=1S/C14H18F3N5O/c15-14(16,17)10-7-8(12(23)21-13(19)20)1-2-11(10)22-5-3-9(18)4-6-22/h1-2,7,9H,3-6,18H2,(H4,19,20,21,23). The van der Waals surface area contributed by atoms with Crippen molar-refractivity contribution in [2.45, 2.75) is 25.1 Å². The maximum absolute atomic E-state index is 13.3. The van der Waals surface area contributed by atoms with Crippen molar-refractivity contribution in [3.8, 4) is 0 Å². The first-order valence-electron chi connectivity index (χ1n) is 7.04. The summed E-state index contributed by atoms with van der Waals surface area (Å²) in [6, 6.07) is 3.34. The SMILES string of the molecule is NC(N)=NC(=O)c1ccc(N2CCC(N)CC2)c(C(F)(F)F)c1. The number of guanidine groups is 1. The van der Waals surface area contributed by atoms with E-state index < -0.39 is 23.6 Å². The monoisotopic (exact) mass is 329 g/mol. The van der Waals surface area contributed by atoms with Crippen molar-refractivity contribution in [1.82, 2.24) is 0 Å². The summed E-state index contributed by atoms with van der Waals surface area (Å²) in [6.45, 7) is 0.872. The minimum Gasteiger partial charge on any atom is -0.371 e. The number of halogens is 3. The van der Waals surface area contributed by atoms with Crippen molar-refractivity contribution in [1.29, 1.82) is 0 Å². The van der Waals surface area contributed by atoms with Gasteiger partial charge in [0, 0.05) is 30.4 Å². The number of nitrogens with two attached hydrogens (primary N) is 3. The Balaban J connectivity index is 2.40. The number of rotatable bonds is 2. The molecule has 1 aliphatic heterocycles. The van der Waals surface area contributed by atoms with Crippen LogP contribution in [0.4, 0.5) is 18.9 Å². The van der Waals surface area contributed by atoms with E-state index in [9.17, 15) is 18.0 Å². The molecule has 0 bridgehead atoms. The highest BCUT2D eigenvalue weighted by Crippen LogP contribution is 2.38. The zero-order valence-electron chi connectivity index (χ0n) is 12.3. The lowest BCUT2D eigenvalue weighted by Gasteiger charge is -2.33. The van der Waals surface area contributed by atoms with Crippen molar-refractivity contribution in [3.63, 3.8) is 0 Å². The molecule has 0 aliphatic carbocycles. The van der Waals surface area contributed by atoms with Gasteiger partial charge < -0.3 is 22.1 Å². The summed E-state index contributed by atoms with van der Waals surface area (Å²) in [7, 11) is 0. The minimum absolute atomic E-state index is 0.00306. The van der Waals surface area contributed by atoms with Crippen molar-refractivity contribution in [2.24, 2.45) is 22.2 Å². The molecule has 1 aliphatic rings. The van der Waals surface area contributed by atoms with Gasteiger partial charge in [0.15, 0.2) is 5.96 Å². The van der Waals surface area contributed by atoms with Crippen LogP contribution in [0.15, 0.2) is 23.2 Å². The third-order valence-corrected chi connectivity index (χ3v) is 3.66. The number of anilines is 1. The van der Waals surface area contributed by atoms with Gasteiger partial charge in [-0.05, 0) is 31.0 Å². The zero-order valence-corrected chi connectivity index (χ0v) is 12.3. The van der Waals surface area contributed by atoms with Crippen molar-refractivity contribution < 1.29 is 18.0 Å². The fourth-order valence-corrected chi connectivity index (χ4v) is 2.49. The van der Waals surface area contributed by atoms with Crippen LogP contribution in [0.5, 0.6) is 0 Å². The molecule has 1 fully saturated rings. The number of alkyl halides is 3. The molecule has 1 saturated heterocycles. The van der Waals surface area contributed by atoms with E-state index in [-0.39, 0.29) is 17.3 Å². The summed E-state index contributed by atoms with van der Waals surface area (Å²) in [6.07, 6.45) is -3.36. The number of nitrogens with zero attached hydrogens (tertiary/aromatic N) is 2. The fourth-order valence-electron chi connectivity index (χ4n) is 2.49. The molecule has 0 aromatic heterocycles. The highest BCUT2D eigenvalue weighted by molar-refractivity contribution is 6.02. The number of benzene rings is 1. The van der Waals surface area contributed by atoms with Gasteiger partial charge >= 0.3 is 6.18 Å². The summed E-state index contributed by atoms with van der Waals surface area (Å²) in [4.78, 5) is 16.6. The van der Waals surface area contributed by atoms with Crippen molar-refractivity contribution in [2.75, 3.05) is 18.0 Å². The Labute approximate surface area is 131 Å². The molecule has 6 nitrogen and oxygen atoms in total. The van der Waals surface area contributed by atoms with Crippen LogP contribution in [0.1, 0.15) is 28.8 Å². The molecule has 0 atom stereocenters. The van der Waals surface area contributed by atoms with Gasteiger partial charge in [0.1, 0.15) is 0 Å². The van der Waals surface area contributed by atoms with Gasteiger partial charge in [-0.3, -0.25) is 4.79 Å².